The van der Waals surface area contributed by atoms with Crippen LogP contribution in [0, 0.1) is 24.7 Å². The van der Waals surface area contributed by atoms with Crippen LogP contribution in [0.4, 0.5) is 5.69 Å². The number of aliphatic hydroxyl groups excluding tert-OH is 1. The van der Waals surface area contributed by atoms with E-state index in [1.165, 1.54) is 0 Å². The van der Waals surface area contributed by atoms with Crippen molar-refractivity contribution in [3.8, 4) is 11.8 Å². The molecule has 4 nitrogen and oxygen atoms in total. The van der Waals surface area contributed by atoms with Gasteiger partial charge in [0.25, 0.3) is 0 Å². The summed E-state index contributed by atoms with van der Waals surface area (Å²) in [5.41, 5.74) is 2.54. The molecule has 1 atom stereocenters. The average molecular weight is 259 g/mol. The van der Waals surface area contributed by atoms with E-state index < -0.39 is 0 Å². The quantitative estimate of drug-likeness (QED) is 0.787. The molecule has 0 radical (unpaired) electrons. The van der Waals surface area contributed by atoms with Gasteiger partial charge in [0.1, 0.15) is 6.61 Å². The molecule has 0 aromatic heterocycles. The molecule has 1 amide bonds. The van der Waals surface area contributed by atoms with Crippen LogP contribution in [0.3, 0.4) is 0 Å². The molecule has 1 aromatic rings. The lowest BCUT2D eigenvalue weighted by Crippen LogP contribution is -2.22. The van der Waals surface area contributed by atoms with E-state index in [-0.39, 0.29) is 18.4 Å². The van der Waals surface area contributed by atoms with Gasteiger partial charge < -0.3 is 15.2 Å². The van der Waals surface area contributed by atoms with Crippen LogP contribution in [0.25, 0.3) is 0 Å². The molecule has 2 rings (SSSR count). The van der Waals surface area contributed by atoms with Crippen molar-refractivity contribution in [3.63, 3.8) is 0 Å². The number of nitrogens with one attached hydrogen (secondary N) is 1. The molecule has 0 aliphatic carbocycles. The van der Waals surface area contributed by atoms with Gasteiger partial charge >= 0.3 is 0 Å². The summed E-state index contributed by atoms with van der Waals surface area (Å²) in [7, 11) is 0. The second-order valence-electron chi connectivity index (χ2n) is 4.60. The summed E-state index contributed by atoms with van der Waals surface area (Å²) in [5, 5.41) is 11.6. The first-order valence-corrected chi connectivity index (χ1v) is 6.29. The number of carbonyl (C=O) groups excluding carboxylic acids is 1. The van der Waals surface area contributed by atoms with Gasteiger partial charge in [-0.1, -0.05) is 11.8 Å². The minimum Gasteiger partial charge on any atom is -0.384 e. The SMILES string of the molecule is Cc1cc(C#CCO)cc(NC(=O)C2CCOC2)c1. The van der Waals surface area contributed by atoms with Gasteiger partial charge in [0.05, 0.1) is 12.5 Å². The minimum atomic E-state index is -0.172. The van der Waals surface area contributed by atoms with Crippen LogP contribution >= 0.6 is 0 Å². The molecule has 0 bridgehead atoms. The fourth-order valence-electron chi connectivity index (χ4n) is 2.05. The number of rotatable bonds is 2. The van der Waals surface area contributed by atoms with E-state index in [0.29, 0.717) is 13.2 Å². The summed E-state index contributed by atoms with van der Waals surface area (Å²) >= 11 is 0. The lowest BCUT2D eigenvalue weighted by Gasteiger charge is -2.10. The van der Waals surface area contributed by atoms with Gasteiger partial charge in [-0.05, 0) is 37.1 Å². The monoisotopic (exact) mass is 259 g/mol. The van der Waals surface area contributed by atoms with E-state index in [4.69, 9.17) is 9.84 Å². The van der Waals surface area contributed by atoms with Crippen LogP contribution in [-0.2, 0) is 9.53 Å². The molecular weight excluding hydrogens is 242 g/mol. The Labute approximate surface area is 112 Å². The second kappa shape index (κ2) is 6.37. The maximum absolute atomic E-state index is 12.0. The van der Waals surface area contributed by atoms with Gasteiger partial charge in [0.15, 0.2) is 0 Å². The fraction of sp³-hybridized carbons (Fsp3) is 0.400. The van der Waals surface area contributed by atoms with E-state index in [0.717, 1.165) is 23.2 Å². The Hall–Kier alpha value is -1.83. The van der Waals surface area contributed by atoms with E-state index in [9.17, 15) is 4.79 Å². The largest absolute Gasteiger partial charge is 0.384 e. The molecule has 19 heavy (non-hydrogen) atoms. The molecule has 1 fully saturated rings. The van der Waals surface area contributed by atoms with E-state index in [1.807, 2.05) is 25.1 Å². The highest BCUT2D eigenvalue weighted by atomic mass is 16.5. The maximum atomic E-state index is 12.0. The smallest absolute Gasteiger partial charge is 0.229 e. The minimum absolute atomic E-state index is 0.0100. The van der Waals surface area contributed by atoms with Gasteiger partial charge in [-0.3, -0.25) is 4.79 Å². The number of hydrogen-bond donors (Lipinski definition) is 2. The molecule has 1 unspecified atom stereocenters. The molecular formula is C15H17NO3. The molecule has 1 aliphatic rings. The van der Waals surface area contributed by atoms with Crippen molar-refractivity contribution in [2.75, 3.05) is 25.1 Å². The van der Waals surface area contributed by atoms with Gasteiger partial charge in [0, 0.05) is 17.9 Å². The molecule has 4 heteroatoms. The predicted molar refractivity (Wildman–Crippen MR) is 72.7 cm³/mol. The molecule has 1 heterocycles. The van der Waals surface area contributed by atoms with Gasteiger partial charge in [0.2, 0.25) is 5.91 Å². The number of hydrogen-bond acceptors (Lipinski definition) is 3. The predicted octanol–water partition coefficient (Wildman–Crippen LogP) is 1.31. The molecule has 1 aromatic carbocycles. The lowest BCUT2D eigenvalue weighted by atomic mass is 10.1. The van der Waals surface area contributed by atoms with Crippen LogP contribution in [0.5, 0.6) is 0 Å². The topological polar surface area (TPSA) is 58.6 Å². The average Bonchev–Trinajstić information content (AvgIpc) is 2.89. The second-order valence-corrected chi connectivity index (χ2v) is 4.60. The van der Waals surface area contributed by atoms with Gasteiger partial charge in [-0.2, -0.15) is 0 Å². The third-order valence-corrected chi connectivity index (χ3v) is 2.96. The number of carbonyl (C=O) groups is 1. The zero-order valence-electron chi connectivity index (χ0n) is 10.9. The summed E-state index contributed by atoms with van der Waals surface area (Å²) < 4.78 is 5.21. The van der Waals surface area contributed by atoms with Crippen molar-refractivity contribution < 1.29 is 14.6 Å². The van der Waals surface area contributed by atoms with E-state index in [2.05, 4.69) is 17.2 Å². The van der Waals surface area contributed by atoms with Crippen molar-refractivity contribution in [3.05, 3.63) is 29.3 Å². The van der Waals surface area contributed by atoms with E-state index >= 15 is 0 Å². The first-order chi connectivity index (χ1) is 9.19. The maximum Gasteiger partial charge on any atom is 0.229 e. The third-order valence-electron chi connectivity index (χ3n) is 2.96. The summed E-state index contributed by atoms with van der Waals surface area (Å²) in [5.74, 6) is 5.37. The zero-order valence-corrected chi connectivity index (χ0v) is 10.9. The van der Waals surface area contributed by atoms with Crippen molar-refractivity contribution >= 4 is 11.6 Å². The van der Waals surface area contributed by atoms with Crippen LogP contribution in [0.15, 0.2) is 18.2 Å². The summed E-state index contributed by atoms with van der Waals surface area (Å²) in [4.78, 5) is 12.0. The molecule has 0 spiro atoms. The van der Waals surface area contributed by atoms with Crippen molar-refractivity contribution in [2.24, 2.45) is 5.92 Å². The Kier molecular flexibility index (Phi) is 4.56. The number of aliphatic hydroxyl groups is 1. The highest BCUT2D eigenvalue weighted by Crippen LogP contribution is 2.18. The summed E-state index contributed by atoms with van der Waals surface area (Å²) in [6, 6.07) is 5.62. The number of aryl methyl sites for hydroxylation is 1. The van der Waals surface area contributed by atoms with Gasteiger partial charge in [-0.15, -0.1) is 0 Å². The van der Waals surface area contributed by atoms with Crippen LogP contribution < -0.4 is 5.32 Å². The summed E-state index contributed by atoms with van der Waals surface area (Å²) in [6.07, 6.45) is 0.773. The first-order valence-electron chi connectivity index (χ1n) is 6.29. The Balaban J connectivity index is 2.10. The number of anilines is 1. The molecule has 2 N–H and O–H groups in total. The lowest BCUT2D eigenvalue weighted by molar-refractivity contribution is -0.119. The van der Waals surface area contributed by atoms with Crippen LogP contribution in [0.1, 0.15) is 17.5 Å². The van der Waals surface area contributed by atoms with Crippen LogP contribution in [0.2, 0.25) is 0 Å². The molecule has 1 saturated heterocycles. The first kappa shape index (κ1) is 13.6. The Bertz CT molecular complexity index is 522. The highest BCUT2D eigenvalue weighted by molar-refractivity contribution is 5.93. The molecule has 100 valence electrons. The van der Waals surface area contributed by atoms with Gasteiger partial charge in [-0.25, -0.2) is 0 Å². The highest BCUT2D eigenvalue weighted by Gasteiger charge is 2.23. The van der Waals surface area contributed by atoms with Crippen LogP contribution in [-0.4, -0.2) is 30.8 Å². The van der Waals surface area contributed by atoms with Crippen molar-refractivity contribution in [1.82, 2.24) is 0 Å². The number of amides is 1. The van der Waals surface area contributed by atoms with E-state index in [1.54, 1.807) is 0 Å². The van der Waals surface area contributed by atoms with Crippen molar-refractivity contribution in [1.29, 1.82) is 0 Å². The zero-order chi connectivity index (χ0) is 13.7. The normalized spacial score (nSPS) is 17.7. The number of ether oxygens (including phenoxy) is 1. The Morgan fingerprint density at radius 2 is 2.37 bits per heavy atom. The standard InChI is InChI=1S/C15H17NO3/c1-11-7-12(3-2-5-17)9-14(8-11)16-15(18)13-4-6-19-10-13/h7-9,13,17H,4-6,10H2,1H3,(H,16,18). The Morgan fingerprint density at radius 1 is 1.53 bits per heavy atom. The molecule has 0 saturated carbocycles. The van der Waals surface area contributed by atoms with Crippen molar-refractivity contribution in [2.45, 2.75) is 13.3 Å². The number of benzene rings is 1. The summed E-state index contributed by atoms with van der Waals surface area (Å²) in [6.45, 7) is 2.92. The molecule has 1 aliphatic heterocycles. The Morgan fingerprint density at radius 3 is 3.05 bits per heavy atom. The fourth-order valence-corrected chi connectivity index (χ4v) is 2.05. The third kappa shape index (κ3) is 3.82.